The number of benzene rings is 1. The SMILES string of the molecule is C[C@H]1[C@@H]2[C@@]1(C(=O)N(C)C)SC(N)=N[C@]2(C)c1cc(Nc2ncnc3cc(OCc4ncco4)cnc23)cc(F)c1F. The van der Waals surface area contributed by atoms with Gasteiger partial charge in [-0.05, 0) is 18.9 Å². The topological polar surface area (TPSA) is 145 Å². The number of hydrogen-bond acceptors (Lipinski definition) is 11. The molecule has 0 saturated heterocycles. The minimum absolute atomic E-state index is 0.0120. The molecule has 0 unspecified atom stereocenters. The van der Waals surface area contributed by atoms with E-state index in [0.29, 0.717) is 22.7 Å². The van der Waals surface area contributed by atoms with Crippen molar-refractivity contribution in [1.29, 1.82) is 0 Å². The maximum absolute atomic E-state index is 15.5. The van der Waals surface area contributed by atoms with Crippen molar-refractivity contribution in [2.45, 2.75) is 30.7 Å². The Bertz CT molecular complexity index is 1700. The van der Waals surface area contributed by atoms with Crippen molar-refractivity contribution in [3.8, 4) is 5.75 Å². The van der Waals surface area contributed by atoms with Crippen LogP contribution in [0, 0.1) is 23.5 Å². The number of fused-ring (bicyclic) bond motifs is 2. The lowest BCUT2D eigenvalue weighted by Gasteiger charge is -2.34. The summed E-state index contributed by atoms with van der Waals surface area (Å²) in [7, 11) is 3.32. The molecule has 1 fully saturated rings. The fourth-order valence-electron chi connectivity index (χ4n) is 5.77. The summed E-state index contributed by atoms with van der Waals surface area (Å²) in [5.74, 6) is -1.73. The zero-order chi connectivity index (χ0) is 29.1. The number of nitrogens with zero attached hydrogens (tertiary/aromatic N) is 6. The van der Waals surface area contributed by atoms with Crippen LogP contribution in [0.1, 0.15) is 25.3 Å². The third-order valence-electron chi connectivity index (χ3n) is 7.62. The summed E-state index contributed by atoms with van der Waals surface area (Å²) in [5, 5.41) is 3.19. The van der Waals surface area contributed by atoms with Crippen molar-refractivity contribution in [2.75, 3.05) is 19.4 Å². The lowest BCUT2D eigenvalue weighted by Crippen LogP contribution is -2.44. The van der Waals surface area contributed by atoms with Crippen LogP contribution in [0.15, 0.2) is 52.6 Å². The summed E-state index contributed by atoms with van der Waals surface area (Å²) in [4.78, 5) is 36.2. The van der Waals surface area contributed by atoms with Gasteiger partial charge in [0, 0.05) is 43.4 Å². The molecule has 11 nitrogen and oxygen atoms in total. The van der Waals surface area contributed by atoms with Crippen LogP contribution in [-0.2, 0) is 16.9 Å². The highest BCUT2D eigenvalue weighted by Crippen LogP contribution is 2.70. The van der Waals surface area contributed by atoms with E-state index >= 15 is 8.78 Å². The Morgan fingerprint density at radius 3 is 2.76 bits per heavy atom. The summed E-state index contributed by atoms with van der Waals surface area (Å²) in [5.41, 5.74) is 5.95. The predicted octanol–water partition coefficient (Wildman–Crippen LogP) is 3.98. The van der Waals surface area contributed by atoms with E-state index in [1.165, 1.54) is 47.7 Å². The van der Waals surface area contributed by atoms with Crippen molar-refractivity contribution >= 4 is 45.4 Å². The fraction of sp³-hybridized carbons (Fsp3) is 0.333. The maximum atomic E-state index is 15.5. The van der Waals surface area contributed by atoms with Crippen LogP contribution in [0.4, 0.5) is 20.3 Å². The molecule has 0 bridgehead atoms. The van der Waals surface area contributed by atoms with E-state index in [1.54, 1.807) is 27.1 Å². The summed E-state index contributed by atoms with van der Waals surface area (Å²) >= 11 is 1.19. The summed E-state index contributed by atoms with van der Waals surface area (Å²) in [6.45, 7) is 3.71. The Balaban J connectivity index is 1.34. The number of carbonyl (C=O) groups excluding carboxylic acids is 1. The molecule has 1 aliphatic carbocycles. The van der Waals surface area contributed by atoms with E-state index < -0.39 is 27.8 Å². The number of hydrogen-bond donors (Lipinski definition) is 2. The number of ether oxygens (including phenoxy) is 1. The van der Waals surface area contributed by atoms with Gasteiger partial charge in [0.15, 0.2) is 29.2 Å². The largest absolute Gasteiger partial charge is 0.482 e. The van der Waals surface area contributed by atoms with Crippen molar-refractivity contribution < 1.29 is 22.7 Å². The number of aromatic nitrogens is 4. The first kappa shape index (κ1) is 26.9. The van der Waals surface area contributed by atoms with Gasteiger partial charge in [-0.25, -0.2) is 28.7 Å². The first-order valence-corrected chi connectivity index (χ1v) is 13.5. The van der Waals surface area contributed by atoms with Crippen molar-refractivity contribution in [1.82, 2.24) is 24.8 Å². The van der Waals surface area contributed by atoms with Crippen LogP contribution in [0.2, 0.25) is 0 Å². The third kappa shape index (κ3) is 4.33. The first-order valence-electron chi connectivity index (χ1n) is 12.7. The van der Waals surface area contributed by atoms with E-state index in [1.807, 2.05) is 6.92 Å². The normalized spacial score (nSPS) is 24.9. The van der Waals surface area contributed by atoms with Gasteiger partial charge in [0.2, 0.25) is 11.8 Å². The second-order valence-electron chi connectivity index (χ2n) is 10.4. The zero-order valence-electron chi connectivity index (χ0n) is 22.6. The number of pyridine rings is 1. The van der Waals surface area contributed by atoms with Gasteiger partial charge in [-0.3, -0.25) is 9.79 Å². The Labute approximate surface area is 237 Å². The fourth-order valence-corrected chi connectivity index (χ4v) is 7.43. The van der Waals surface area contributed by atoms with Gasteiger partial charge in [0.1, 0.15) is 28.6 Å². The second kappa shape index (κ2) is 9.65. The molecule has 6 rings (SSSR count). The number of aliphatic imine (C=N–C) groups is 1. The van der Waals surface area contributed by atoms with Gasteiger partial charge in [-0.1, -0.05) is 18.7 Å². The minimum atomic E-state index is -1.29. The van der Waals surface area contributed by atoms with E-state index in [-0.39, 0.29) is 40.7 Å². The van der Waals surface area contributed by atoms with Crippen LogP contribution in [-0.4, -0.2) is 54.8 Å². The second-order valence-corrected chi connectivity index (χ2v) is 11.7. The molecular weight excluding hydrogens is 554 g/mol. The first-order chi connectivity index (χ1) is 19.5. The van der Waals surface area contributed by atoms with Crippen LogP contribution >= 0.6 is 11.8 Å². The molecule has 3 N–H and O–H groups in total. The number of halogens is 2. The molecule has 41 heavy (non-hydrogen) atoms. The number of nitrogens with two attached hydrogens (primary N) is 1. The molecule has 1 aliphatic heterocycles. The van der Waals surface area contributed by atoms with Crippen LogP contribution in [0.5, 0.6) is 5.75 Å². The van der Waals surface area contributed by atoms with Crippen molar-refractivity contribution in [3.63, 3.8) is 0 Å². The molecule has 4 atom stereocenters. The molecule has 2 aliphatic rings. The van der Waals surface area contributed by atoms with Gasteiger partial charge in [0.05, 0.1) is 23.4 Å². The highest BCUT2D eigenvalue weighted by Gasteiger charge is 2.76. The average Bonchev–Trinajstić information content (AvgIpc) is 3.26. The van der Waals surface area contributed by atoms with Gasteiger partial charge in [0.25, 0.3) is 0 Å². The summed E-state index contributed by atoms with van der Waals surface area (Å²) < 4.78 is 40.5. The van der Waals surface area contributed by atoms with Crippen molar-refractivity contribution in [2.24, 2.45) is 22.6 Å². The van der Waals surface area contributed by atoms with E-state index in [2.05, 4.69) is 30.2 Å². The predicted molar refractivity (Wildman–Crippen MR) is 148 cm³/mol. The van der Waals surface area contributed by atoms with Gasteiger partial charge < -0.3 is 25.1 Å². The average molecular weight is 581 g/mol. The number of oxazole rings is 1. The molecule has 14 heteroatoms. The minimum Gasteiger partial charge on any atom is -0.482 e. The molecular formula is C27H26F2N8O3S. The third-order valence-corrected chi connectivity index (χ3v) is 9.06. The highest BCUT2D eigenvalue weighted by molar-refractivity contribution is 8.15. The number of carbonyl (C=O) groups is 1. The molecule has 1 saturated carbocycles. The molecule has 3 aromatic heterocycles. The van der Waals surface area contributed by atoms with Gasteiger partial charge in [-0.15, -0.1) is 0 Å². The Morgan fingerprint density at radius 1 is 1.22 bits per heavy atom. The quantitative estimate of drug-likeness (QED) is 0.329. The molecule has 0 spiro atoms. The number of anilines is 2. The van der Waals surface area contributed by atoms with Gasteiger partial charge in [-0.2, -0.15) is 0 Å². The maximum Gasteiger partial charge on any atom is 0.239 e. The zero-order valence-corrected chi connectivity index (χ0v) is 23.4. The van der Waals surface area contributed by atoms with E-state index in [0.717, 1.165) is 6.07 Å². The molecule has 1 amide bonds. The molecule has 4 heterocycles. The Morgan fingerprint density at radius 2 is 2.02 bits per heavy atom. The lowest BCUT2D eigenvalue weighted by atomic mass is 9.84. The lowest BCUT2D eigenvalue weighted by molar-refractivity contribution is -0.129. The molecule has 1 aromatic carbocycles. The molecule has 212 valence electrons. The smallest absolute Gasteiger partial charge is 0.239 e. The Hall–Kier alpha value is -4.33. The van der Waals surface area contributed by atoms with E-state index in [4.69, 9.17) is 14.9 Å². The molecule has 0 radical (unpaired) electrons. The number of amides is 1. The van der Waals surface area contributed by atoms with Crippen LogP contribution in [0.25, 0.3) is 11.0 Å². The van der Waals surface area contributed by atoms with Crippen LogP contribution < -0.4 is 15.8 Å². The summed E-state index contributed by atoms with van der Waals surface area (Å²) in [6.07, 6.45) is 5.78. The Kier molecular flexibility index (Phi) is 6.32. The van der Waals surface area contributed by atoms with Crippen LogP contribution in [0.3, 0.4) is 0 Å². The monoisotopic (exact) mass is 580 g/mol. The summed E-state index contributed by atoms with van der Waals surface area (Å²) in [6, 6.07) is 4.18. The number of rotatable bonds is 7. The molecule has 4 aromatic rings. The number of amidine groups is 1. The number of thioether (sulfide) groups is 1. The highest BCUT2D eigenvalue weighted by atomic mass is 32.2. The van der Waals surface area contributed by atoms with Crippen molar-refractivity contribution in [3.05, 3.63) is 66.3 Å². The van der Waals surface area contributed by atoms with E-state index in [9.17, 15) is 4.79 Å². The number of nitrogens with one attached hydrogen (secondary N) is 1. The van der Waals surface area contributed by atoms with Gasteiger partial charge >= 0.3 is 0 Å². The standard InChI is InChI=1S/C27H26F2N8O3S/c1-13-22-26(2,36-25(30)41-27(13,22)24(38)37(3)4)16-7-14(8-17(28)20(16)29)35-23-21-18(33-12-34-23)9-15(10-32-21)40-11-19-31-5-6-39-19/h5-10,12-13,22H,11H2,1-4H3,(H2,30,36)(H,33,34,35)/t13-,22-,26+,27-/m0/s1.